The molecule has 1 aromatic heterocycles. The zero-order chi connectivity index (χ0) is 11.9. The summed E-state index contributed by atoms with van der Waals surface area (Å²) in [5.41, 5.74) is -1.13. The highest BCUT2D eigenvalue weighted by atomic mass is 19.4. The lowest BCUT2D eigenvalue weighted by molar-refractivity contribution is -0.138. The van der Waals surface area contributed by atoms with Gasteiger partial charge in [0.25, 0.3) is 0 Å². The van der Waals surface area contributed by atoms with Crippen molar-refractivity contribution in [3.63, 3.8) is 0 Å². The van der Waals surface area contributed by atoms with Gasteiger partial charge in [0, 0.05) is 11.6 Å². The third-order valence-electron chi connectivity index (χ3n) is 1.96. The van der Waals surface area contributed by atoms with Crippen LogP contribution >= 0.6 is 0 Å². The van der Waals surface area contributed by atoms with Crippen molar-refractivity contribution in [3.8, 4) is 0 Å². The fraction of sp³-hybridized carbons (Fsp3) is 0.600. The fourth-order valence-electron chi connectivity index (χ4n) is 1.11. The van der Waals surface area contributed by atoms with Crippen LogP contribution in [0.25, 0.3) is 0 Å². The minimum absolute atomic E-state index is 0.0255. The lowest BCUT2D eigenvalue weighted by Gasteiger charge is -2.18. The molecule has 84 valence electrons. The van der Waals surface area contributed by atoms with Crippen LogP contribution in [-0.2, 0) is 11.6 Å². The largest absolute Gasteiger partial charge is 0.419 e. The number of alkyl halides is 3. The van der Waals surface area contributed by atoms with Crippen LogP contribution < -0.4 is 0 Å². The molecule has 0 atom stereocenters. The Labute approximate surface area is 86.6 Å². The van der Waals surface area contributed by atoms with E-state index < -0.39 is 11.7 Å². The van der Waals surface area contributed by atoms with Crippen LogP contribution in [-0.4, -0.2) is 9.97 Å². The number of nitrogens with zero attached hydrogens (tertiary/aromatic N) is 2. The van der Waals surface area contributed by atoms with Gasteiger partial charge in [-0.25, -0.2) is 9.97 Å². The number of rotatable bonds is 0. The van der Waals surface area contributed by atoms with Crippen molar-refractivity contribution in [1.82, 2.24) is 9.97 Å². The summed E-state index contributed by atoms with van der Waals surface area (Å²) in [5, 5.41) is 0. The van der Waals surface area contributed by atoms with E-state index in [9.17, 15) is 13.2 Å². The highest BCUT2D eigenvalue weighted by Gasteiger charge is 2.34. The second-order valence-electron chi connectivity index (χ2n) is 4.44. The number of halogens is 3. The summed E-state index contributed by atoms with van der Waals surface area (Å²) in [6.07, 6.45) is -3.52. The Morgan fingerprint density at radius 3 is 2.00 bits per heavy atom. The maximum atomic E-state index is 12.4. The van der Waals surface area contributed by atoms with Gasteiger partial charge in [-0.15, -0.1) is 0 Å². The topological polar surface area (TPSA) is 25.8 Å². The van der Waals surface area contributed by atoms with E-state index in [1.807, 2.05) is 20.8 Å². The van der Waals surface area contributed by atoms with Gasteiger partial charge in [0.15, 0.2) is 0 Å². The Balaban J connectivity index is 3.21. The second kappa shape index (κ2) is 3.47. The molecule has 1 rings (SSSR count). The average Bonchev–Trinajstić information content (AvgIpc) is 1.99. The zero-order valence-corrected chi connectivity index (χ0v) is 9.11. The fourth-order valence-corrected chi connectivity index (χ4v) is 1.11. The first kappa shape index (κ1) is 11.9. The van der Waals surface area contributed by atoms with Crippen LogP contribution in [0.2, 0.25) is 0 Å². The lowest BCUT2D eigenvalue weighted by Crippen LogP contribution is -2.19. The summed E-state index contributed by atoms with van der Waals surface area (Å²) in [6, 6.07) is 0. The van der Waals surface area contributed by atoms with Gasteiger partial charge in [0.1, 0.15) is 5.82 Å². The molecule has 0 aliphatic heterocycles. The number of hydrogen-bond acceptors (Lipinski definition) is 2. The molecule has 0 fully saturated rings. The molecular formula is C10H13F3N2. The molecule has 15 heavy (non-hydrogen) atoms. The minimum atomic E-state index is -4.37. The van der Waals surface area contributed by atoms with Crippen molar-refractivity contribution in [2.45, 2.75) is 39.3 Å². The van der Waals surface area contributed by atoms with E-state index in [0.717, 1.165) is 6.20 Å². The first-order valence-electron chi connectivity index (χ1n) is 4.53. The Morgan fingerprint density at radius 1 is 1.13 bits per heavy atom. The summed E-state index contributed by atoms with van der Waals surface area (Å²) in [6.45, 7) is 6.92. The predicted octanol–water partition coefficient (Wildman–Crippen LogP) is 3.10. The van der Waals surface area contributed by atoms with Gasteiger partial charge >= 0.3 is 6.18 Å². The molecule has 2 nitrogen and oxygen atoms in total. The maximum absolute atomic E-state index is 12.4. The SMILES string of the molecule is Cc1nc(C(C)(C)C)ncc1C(F)(F)F. The molecule has 5 heteroatoms. The average molecular weight is 218 g/mol. The van der Waals surface area contributed by atoms with Crippen molar-refractivity contribution in [3.05, 3.63) is 23.3 Å². The van der Waals surface area contributed by atoms with Gasteiger partial charge in [-0.1, -0.05) is 20.8 Å². The molecule has 0 saturated heterocycles. The maximum Gasteiger partial charge on any atom is 0.419 e. The van der Waals surface area contributed by atoms with Crippen molar-refractivity contribution >= 4 is 0 Å². The molecule has 0 N–H and O–H groups in total. The van der Waals surface area contributed by atoms with Crippen LogP contribution in [0.4, 0.5) is 13.2 Å². The zero-order valence-electron chi connectivity index (χ0n) is 9.11. The first-order chi connectivity index (χ1) is 6.62. The number of aromatic nitrogens is 2. The monoisotopic (exact) mass is 218 g/mol. The number of hydrogen-bond donors (Lipinski definition) is 0. The van der Waals surface area contributed by atoms with Gasteiger partial charge in [-0.2, -0.15) is 13.2 Å². The normalized spacial score (nSPS) is 13.0. The Hall–Kier alpha value is -1.13. The standard InChI is InChI=1S/C10H13F3N2/c1-6-7(10(11,12)13)5-14-8(15-6)9(2,3)4/h5H,1-4H3. The van der Waals surface area contributed by atoms with Gasteiger partial charge < -0.3 is 0 Å². The predicted molar refractivity (Wildman–Crippen MR) is 50.5 cm³/mol. The molecule has 0 amide bonds. The van der Waals surface area contributed by atoms with E-state index in [0.29, 0.717) is 5.82 Å². The van der Waals surface area contributed by atoms with Gasteiger partial charge in [0.2, 0.25) is 0 Å². The van der Waals surface area contributed by atoms with Gasteiger partial charge in [0.05, 0.1) is 11.3 Å². The Kier molecular flexibility index (Phi) is 2.76. The Bertz CT molecular complexity index is 364. The minimum Gasteiger partial charge on any atom is -0.240 e. The molecule has 0 saturated carbocycles. The van der Waals surface area contributed by atoms with E-state index >= 15 is 0 Å². The Morgan fingerprint density at radius 2 is 1.67 bits per heavy atom. The van der Waals surface area contributed by atoms with Crippen molar-refractivity contribution in [2.24, 2.45) is 0 Å². The van der Waals surface area contributed by atoms with Crippen molar-refractivity contribution in [2.75, 3.05) is 0 Å². The third kappa shape index (κ3) is 2.67. The molecule has 1 heterocycles. The highest BCUT2D eigenvalue weighted by Crippen LogP contribution is 2.31. The third-order valence-corrected chi connectivity index (χ3v) is 1.96. The van der Waals surface area contributed by atoms with E-state index in [1.165, 1.54) is 6.92 Å². The molecule has 0 bridgehead atoms. The van der Waals surface area contributed by atoms with E-state index in [-0.39, 0.29) is 11.1 Å². The van der Waals surface area contributed by atoms with E-state index in [2.05, 4.69) is 9.97 Å². The first-order valence-corrected chi connectivity index (χ1v) is 4.53. The number of aryl methyl sites for hydroxylation is 1. The summed E-state index contributed by atoms with van der Waals surface area (Å²) in [5.74, 6) is 0.424. The molecule has 1 aromatic rings. The van der Waals surface area contributed by atoms with E-state index in [4.69, 9.17) is 0 Å². The summed E-state index contributed by atoms with van der Waals surface area (Å²) >= 11 is 0. The van der Waals surface area contributed by atoms with Crippen molar-refractivity contribution in [1.29, 1.82) is 0 Å². The lowest BCUT2D eigenvalue weighted by atomic mass is 9.95. The van der Waals surface area contributed by atoms with Crippen molar-refractivity contribution < 1.29 is 13.2 Å². The molecule has 0 radical (unpaired) electrons. The second-order valence-corrected chi connectivity index (χ2v) is 4.44. The van der Waals surface area contributed by atoms with Crippen LogP contribution in [0.5, 0.6) is 0 Å². The summed E-state index contributed by atoms with van der Waals surface area (Å²) in [4.78, 5) is 7.63. The molecular weight excluding hydrogens is 205 g/mol. The molecule has 0 aromatic carbocycles. The smallest absolute Gasteiger partial charge is 0.240 e. The van der Waals surface area contributed by atoms with Gasteiger partial charge in [-0.3, -0.25) is 0 Å². The summed E-state index contributed by atoms with van der Waals surface area (Å²) < 4.78 is 37.2. The summed E-state index contributed by atoms with van der Waals surface area (Å²) in [7, 11) is 0. The van der Waals surface area contributed by atoms with Crippen LogP contribution in [0.15, 0.2) is 6.20 Å². The van der Waals surface area contributed by atoms with Crippen LogP contribution in [0.1, 0.15) is 37.9 Å². The van der Waals surface area contributed by atoms with Crippen LogP contribution in [0, 0.1) is 6.92 Å². The molecule has 0 aliphatic carbocycles. The molecule has 0 spiro atoms. The molecule has 0 unspecified atom stereocenters. The van der Waals surface area contributed by atoms with Gasteiger partial charge in [-0.05, 0) is 6.92 Å². The quantitative estimate of drug-likeness (QED) is 0.668. The van der Waals surface area contributed by atoms with E-state index in [1.54, 1.807) is 0 Å². The highest BCUT2D eigenvalue weighted by molar-refractivity contribution is 5.21. The van der Waals surface area contributed by atoms with Crippen LogP contribution in [0.3, 0.4) is 0 Å². The molecule has 0 aliphatic rings.